The minimum Gasteiger partial charge on any atom is -0.343 e. The second kappa shape index (κ2) is 6.36. The molecule has 0 saturated heterocycles. The Hall–Kier alpha value is -2.62. The molecule has 0 bridgehead atoms. The molecule has 4 nitrogen and oxygen atoms in total. The lowest BCUT2D eigenvalue weighted by Gasteiger charge is -2.43. The van der Waals surface area contributed by atoms with Gasteiger partial charge < -0.3 is 10.6 Å². The van der Waals surface area contributed by atoms with Gasteiger partial charge in [0.2, 0.25) is 5.91 Å². The van der Waals surface area contributed by atoms with Crippen molar-refractivity contribution >= 4 is 17.5 Å². The summed E-state index contributed by atoms with van der Waals surface area (Å²) in [7, 11) is 0. The van der Waals surface area contributed by atoms with Gasteiger partial charge in [0.15, 0.2) is 0 Å². The third-order valence-corrected chi connectivity index (χ3v) is 5.25. The van der Waals surface area contributed by atoms with Gasteiger partial charge in [-0.2, -0.15) is 0 Å². The van der Waals surface area contributed by atoms with E-state index in [-0.39, 0.29) is 23.3 Å². The molecule has 4 heteroatoms. The standard InChI is InChI=1S/C21H22N2O2/c24-19(15-7-8-15)22-18-11-9-16(10-12-18)20(25)23-21(13-4-14-21)17-5-2-1-3-6-17/h1-3,5-6,9-12,15H,4,7-8,13-14H2,(H,22,24)(H,23,25). The van der Waals surface area contributed by atoms with Gasteiger partial charge in [0, 0.05) is 17.2 Å². The topological polar surface area (TPSA) is 58.2 Å². The van der Waals surface area contributed by atoms with Crippen molar-refractivity contribution in [3.05, 3.63) is 65.7 Å². The van der Waals surface area contributed by atoms with Gasteiger partial charge in [-0.1, -0.05) is 30.3 Å². The fourth-order valence-electron chi connectivity index (χ4n) is 3.36. The molecule has 128 valence electrons. The van der Waals surface area contributed by atoms with E-state index >= 15 is 0 Å². The first-order chi connectivity index (χ1) is 12.2. The molecule has 2 amide bonds. The Morgan fingerprint density at radius 2 is 1.60 bits per heavy atom. The third-order valence-electron chi connectivity index (χ3n) is 5.25. The van der Waals surface area contributed by atoms with Crippen LogP contribution in [-0.4, -0.2) is 11.8 Å². The zero-order chi connectivity index (χ0) is 17.3. The summed E-state index contributed by atoms with van der Waals surface area (Å²) in [6.45, 7) is 0. The average molecular weight is 334 g/mol. The highest BCUT2D eigenvalue weighted by atomic mass is 16.2. The van der Waals surface area contributed by atoms with Gasteiger partial charge in [0.25, 0.3) is 5.91 Å². The van der Waals surface area contributed by atoms with Crippen molar-refractivity contribution in [3.8, 4) is 0 Å². The molecule has 2 N–H and O–H groups in total. The number of amides is 2. The van der Waals surface area contributed by atoms with E-state index in [2.05, 4.69) is 22.8 Å². The molecule has 0 aliphatic heterocycles. The van der Waals surface area contributed by atoms with Crippen LogP contribution in [0.4, 0.5) is 5.69 Å². The monoisotopic (exact) mass is 334 g/mol. The molecule has 2 saturated carbocycles. The molecule has 2 fully saturated rings. The van der Waals surface area contributed by atoms with Crippen LogP contribution in [0.25, 0.3) is 0 Å². The summed E-state index contributed by atoms with van der Waals surface area (Å²) in [6, 6.07) is 17.3. The second-order valence-corrected chi connectivity index (χ2v) is 7.10. The first-order valence-corrected chi connectivity index (χ1v) is 8.95. The highest BCUT2D eigenvalue weighted by Gasteiger charge is 2.40. The molecule has 2 aromatic rings. The Balaban J connectivity index is 1.44. The molecule has 0 aromatic heterocycles. The zero-order valence-electron chi connectivity index (χ0n) is 14.1. The molecule has 0 unspecified atom stereocenters. The van der Waals surface area contributed by atoms with Crippen LogP contribution in [0.2, 0.25) is 0 Å². The Morgan fingerprint density at radius 3 is 2.16 bits per heavy atom. The van der Waals surface area contributed by atoms with Gasteiger partial charge in [0.1, 0.15) is 0 Å². The van der Waals surface area contributed by atoms with E-state index < -0.39 is 0 Å². The summed E-state index contributed by atoms with van der Waals surface area (Å²) in [5.74, 6) is 0.186. The summed E-state index contributed by atoms with van der Waals surface area (Å²) in [5, 5.41) is 6.12. The van der Waals surface area contributed by atoms with Crippen molar-refractivity contribution in [2.75, 3.05) is 5.32 Å². The average Bonchev–Trinajstić information content (AvgIpc) is 3.44. The first-order valence-electron chi connectivity index (χ1n) is 8.95. The van der Waals surface area contributed by atoms with Crippen LogP contribution in [0.1, 0.15) is 48.0 Å². The molecule has 2 aromatic carbocycles. The fraction of sp³-hybridized carbons (Fsp3) is 0.333. The Morgan fingerprint density at radius 1 is 0.920 bits per heavy atom. The van der Waals surface area contributed by atoms with Gasteiger partial charge in [-0.05, 0) is 61.9 Å². The third kappa shape index (κ3) is 3.29. The van der Waals surface area contributed by atoms with Gasteiger partial charge in [0.05, 0.1) is 5.54 Å². The van der Waals surface area contributed by atoms with E-state index in [4.69, 9.17) is 0 Å². The largest absolute Gasteiger partial charge is 0.343 e. The highest BCUT2D eigenvalue weighted by molar-refractivity contribution is 5.97. The van der Waals surface area contributed by atoms with Crippen molar-refractivity contribution < 1.29 is 9.59 Å². The zero-order valence-corrected chi connectivity index (χ0v) is 14.1. The van der Waals surface area contributed by atoms with Crippen LogP contribution in [0.3, 0.4) is 0 Å². The van der Waals surface area contributed by atoms with E-state index in [1.807, 2.05) is 18.2 Å². The first kappa shape index (κ1) is 15.9. The Labute approximate surface area is 147 Å². The molecule has 0 spiro atoms. The number of anilines is 1. The summed E-state index contributed by atoms with van der Waals surface area (Å²) in [4.78, 5) is 24.5. The Kier molecular flexibility index (Phi) is 4.04. The summed E-state index contributed by atoms with van der Waals surface area (Å²) < 4.78 is 0. The normalized spacial score (nSPS) is 18.1. The molecule has 2 aliphatic carbocycles. The number of rotatable bonds is 5. The molecular weight excluding hydrogens is 312 g/mol. The number of carbonyl (C=O) groups is 2. The smallest absolute Gasteiger partial charge is 0.251 e. The summed E-state index contributed by atoms with van der Waals surface area (Å²) in [6.07, 6.45) is 5.03. The molecule has 0 atom stereocenters. The van der Waals surface area contributed by atoms with Crippen molar-refractivity contribution in [1.29, 1.82) is 0 Å². The summed E-state index contributed by atoms with van der Waals surface area (Å²) in [5.41, 5.74) is 2.29. The maximum Gasteiger partial charge on any atom is 0.251 e. The fourth-order valence-corrected chi connectivity index (χ4v) is 3.36. The van der Waals surface area contributed by atoms with Crippen LogP contribution in [0.5, 0.6) is 0 Å². The van der Waals surface area contributed by atoms with Crippen molar-refractivity contribution in [2.24, 2.45) is 5.92 Å². The number of carbonyl (C=O) groups excluding carboxylic acids is 2. The lowest BCUT2D eigenvalue weighted by atomic mass is 9.71. The second-order valence-electron chi connectivity index (χ2n) is 7.10. The van der Waals surface area contributed by atoms with Crippen LogP contribution in [-0.2, 0) is 10.3 Å². The molecular formula is C21H22N2O2. The van der Waals surface area contributed by atoms with Gasteiger partial charge in [-0.3, -0.25) is 9.59 Å². The van der Waals surface area contributed by atoms with E-state index in [0.29, 0.717) is 5.56 Å². The predicted octanol–water partition coefficient (Wildman–Crippen LogP) is 3.84. The van der Waals surface area contributed by atoms with Gasteiger partial charge >= 0.3 is 0 Å². The number of hydrogen-bond donors (Lipinski definition) is 2. The summed E-state index contributed by atoms with van der Waals surface area (Å²) >= 11 is 0. The molecule has 0 radical (unpaired) electrons. The molecule has 0 heterocycles. The SMILES string of the molecule is O=C(NC1(c2ccccc2)CCC1)c1ccc(NC(=O)C2CC2)cc1. The number of nitrogens with one attached hydrogen (secondary N) is 2. The molecule has 4 rings (SSSR count). The quantitative estimate of drug-likeness (QED) is 0.873. The van der Waals surface area contributed by atoms with Crippen molar-refractivity contribution in [1.82, 2.24) is 5.32 Å². The van der Waals surface area contributed by atoms with E-state index in [9.17, 15) is 9.59 Å². The highest BCUT2D eigenvalue weighted by Crippen LogP contribution is 2.41. The van der Waals surface area contributed by atoms with Crippen molar-refractivity contribution in [2.45, 2.75) is 37.6 Å². The van der Waals surface area contributed by atoms with Crippen LogP contribution >= 0.6 is 0 Å². The van der Waals surface area contributed by atoms with Crippen LogP contribution in [0.15, 0.2) is 54.6 Å². The minimum atomic E-state index is -0.239. The minimum absolute atomic E-state index is 0.0661. The van der Waals surface area contributed by atoms with E-state index in [0.717, 1.165) is 37.8 Å². The van der Waals surface area contributed by atoms with E-state index in [1.165, 1.54) is 5.56 Å². The van der Waals surface area contributed by atoms with E-state index in [1.54, 1.807) is 24.3 Å². The molecule has 25 heavy (non-hydrogen) atoms. The maximum absolute atomic E-state index is 12.7. The number of hydrogen-bond acceptors (Lipinski definition) is 2. The van der Waals surface area contributed by atoms with Gasteiger partial charge in [-0.15, -0.1) is 0 Å². The predicted molar refractivity (Wildman–Crippen MR) is 97.2 cm³/mol. The Bertz CT molecular complexity index is 775. The lowest BCUT2D eigenvalue weighted by Crippen LogP contribution is -2.50. The lowest BCUT2D eigenvalue weighted by molar-refractivity contribution is -0.117. The van der Waals surface area contributed by atoms with Crippen molar-refractivity contribution in [3.63, 3.8) is 0 Å². The number of benzene rings is 2. The maximum atomic E-state index is 12.7. The van der Waals surface area contributed by atoms with Gasteiger partial charge in [-0.25, -0.2) is 0 Å². The van der Waals surface area contributed by atoms with Crippen LogP contribution in [0, 0.1) is 5.92 Å². The molecule has 2 aliphatic rings. The van der Waals surface area contributed by atoms with Crippen LogP contribution < -0.4 is 10.6 Å².